The lowest BCUT2D eigenvalue weighted by molar-refractivity contribution is -0.139. The van der Waals surface area contributed by atoms with E-state index in [9.17, 15) is 14.4 Å². The molecule has 0 aliphatic rings. The van der Waals surface area contributed by atoms with Crippen molar-refractivity contribution in [2.24, 2.45) is 0 Å². The average Bonchev–Trinajstić information content (AvgIpc) is 3.26. The molecule has 0 bridgehead atoms. The van der Waals surface area contributed by atoms with Crippen LogP contribution in [0.25, 0.3) is 0 Å². The van der Waals surface area contributed by atoms with Crippen molar-refractivity contribution in [3.63, 3.8) is 0 Å². The van der Waals surface area contributed by atoms with E-state index >= 15 is 0 Å². The number of rotatable bonds is 8. The number of carbonyl (C=O) groups excluding carboxylic acids is 3. The number of halogens is 1. The maximum atomic E-state index is 12.5. The zero-order valence-electron chi connectivity index (χ0n) is 16.4. The van der Waals surface area contributed by atoms with Crippen molar-refractivity contribution in [3.8, 4) is 5.75 Å². The lowest BCUT2D eigenvalue weighted by Gasteiger charge is -2.07. The molecule has 0 saturated carbocycles. The summed E-state index contributed by atoms with van der Waals surface area (Å²) in [5, 5.41) is 8.02. The highest BCUT2D eigenvalue weighted by molar-refractivity contribution is 7.09. The molecule has 2 aromatic carbocycles. The summed E-state index contributed by atoms with van der Waals surface area (Å²) in [6.45, 7) is -0.0267. The highest BCUT2D eigenvalue weighted by Crippen LogP contribution is 2.19. The van der Waals surface area contributed by atoms with Gasteiger partial charge < -0.3 is 20.1 Å². The van der Waals surface area contributed by atoms with Crippen LogP contribution < -0.4 is 15.4 Å². The summed E-state index contributed by atoms with van der Waals surface area (Å²) >= 11 is 7.14. The van der Waals surface area contributed by atoms with E-state index in [0.29, 0.717) is 21.5 Å². The third-order valence-corrected chi connectivity index (χ3v) is 5.04. The van der Waals surface area contributed by atoms with Crippen LogP contribution in [0.4, 0.5) is 5.69 Å². The Morgan fingerprint density at radius 1 is 1.10 bits per heavy atom. The van der Waals surface area contributed by atoms with Crippen LogP contribution in [0.15, 0.2) is 53.9 Å². The molecule has 0 unspecified atom stereocenters. The Bertz CT molecular complexity index is 1080. The Morgan fingerprint density at radius 2 is 1.87 bits per heavy atom. The first kappa shape index (κ1) is 22.3. The van der Waals surface area contributed by atoms with Gasteiger partial charge in [-0.25, -0.2) is 4.98 Å². The molecule has 0 aliphatic carbocycles. The maximum Gasteiger partial charge on any atom is 0.325 e. The minimum absolute atomic E-state index is 0.218. The van der Waals surface area contributed by atoms with Crippen molar-refractivity contribution in [3.05, 3.63) is 75.2 Å². The Morgan fingerprint density at radius 3 is 2.61 bits per heavy atom. The zero-order chi connectivity index (χ0) is 22.2. The number of aromatic nitrogens is 1. The van der Waals surface area contributed by atoms with Crippen molar-refractivity contribution in [1.29, 1.82) is 0 Å². The molecule has 0 atom stereocenters. The number of hydrogen-bond acceptors (Lipinski definition) is 7. The van der Waals surface area contributed by atoms with E-state index in [4.69, 9.17) is 16.3 Å². The zero-order valence-corrected chi connectivity index (χ0v) is 18.0. The summed E-state index contributed by atoms with van der Waals surface area (Å²) in [5.41, 5.74) is 0.944. The molecule has 3 rings (SSSR count). The van der Waals surface area contributed by atoms with E-state index in [2.05, 4.69) is 20.4 Å². The third kappa shape index (κ3) is 6.53. The van der Waals surface area contributed by atoms with Gasteiger partial charge in [-0.2, -0.15) is 0 Å². The van der Waals surface area contributed by atoms with Gasteiger partial charge in [0.15, 0.2) is 0 Å². The fourth-order valence-corrected chi connectivity index (χ4v) is 3.23. The standard InChI is InChI=1S/C21H18ClN3O5S/c1-29-19(26)10-23-20(27)13-3-2-4-15(9-13)24-21(28)17-12-31-18(25-17)11-30-16-7-5-14(22)6-8-16/h2-9,12H,10-11H2,1H3,(H,23,27)(H,24,28). The lowest BCUT2D eigenvalue weighted by Crippen LogP contribution is -2.30. The molecule has 0 radical (unpaired) electrons. The average molecular weight is 460 g/mol. The van der Waals surface area contributed by atoms with Crippen molar-refractivity contribution >= 4 is 46.4 Å². The summed E-state index contributed by atoms with van der Waals surface area (Å²) in [5.74, 6) is -0.789. The third-order valence-electron chi connectivity index (χ3n) is 3.96. The predicted molar refractivity (Wildman–Crippen MR) is 117 cm³/mol. The Labute approximate surface area is 187 Å². The molecule has 10 heteroatoms. The molecule has 8 nitrogen and oxygen atoms in total. The summed E-state index contributed by atoms with van der Waals surface area (Å²) in [4.78, 5) is 40.0. The highest BCUT2D eigenvalue weighted by atomic mass is 35.5. The van der Waals surface area contributed by atoms with E-state index < -0.39 is 17.8 Å². The van der Waals surface area contributed by atoms with Crippen LogP contribution in [-0.2, 0) is 16.1 Å². The van der Waals surface area contributed by atoms with Crippen LogP contribution in [-0.4, -0.2) is 36.4 Å². The van der Waals surface area contributed by atoms with Gasteiger partial charge in [-0.05, 0) is 42.5 Å². The van der Waals surface area contributed by atoms with Gasteiger partial charge in [-0.1, -0.05) is 17.7 Å². The Balaban J connectivity index is 1.57. The molecule has 3 aromatic rings. The smallest absolute Gasteiger partial charge is 0.325 e. The Kier molecular flexibility index (Phi) is 7.58. The summed E-state index contributed by atoms with van der Waals surface area (Å²) in [7, 11) is 1.23. The van der Waals surface area contributed by atoms with Gasteiger partial charge in [0.25, 0.3) is 11.8 Å². The van der Waals surface area contributed by atoms with Crippen molar-refractivity contribution < 1.29 is 23.9 Å². The van der Waals surface area contributed by atoms with Crippen molar-refractivity contribution in [2.75, 3.05) is 19.0 Å². The normalized spacial score (nSPS) is 10.3. The van der Waals surface area contributed by atoms with Gasteiger partial charge in [0.2, 0.25) is 0 Å². The second-order valence-corrected chi connectivity index (χ2v) is 7.54. The first-order valence-corrected chi connectivity index (χ1v) is 10.3. The molecule has 31 heavy (non-hydrogen) atoms. The minimum Gasteiger partial charge on any atom is -0.486 e. The lowest BCUT2D eigenvalue weighted by atomic mass is 10.2. The second-order valence-electron chi connectivity index (χ2n) is 6.16. The topological polar surface area (TPSA) is 107 Å². The van der Waals surface area contributed by atoms with Crippen LogP contribution in [0.2, 0.25) is 5.02 Å². The van der Waals surface area contributed by atoms with Gasteiger partial charge in [-0.3, -0.25) is 14.4 Å². The van der Waals surface area contributed by atoms with Crippen LogP contribution in [0.3, 0.4) is 0 Å². The molecule has 2 amide bonds. The number of nitrogens with one attached hydrogen (secondary N) is 2. The number of hydrogen-bond donors (Lipinski definition) is 2. The Hall–Kier alpha value is -3.43. The van der Waals surface area contributed by atoms with Crippen molar-refractivity contribution in [1.82, 2.24) is 10.3 Å². The highest BCUT2D eigenvalue weighted by Gasteiger charge is 2.13. The summed E-state index contributed by atoms with van der Waals surface area (Å²) in [6.07, 6.45) is 0. The molecule has 0 fully saturated rings. The molecule has 2 N–H and O–H groups in total. The quantitative estimate of drug-likeness (QED) is 0.499. The largest absolute Gasteiger partial charge is 0.486 e. The van der Waals surface area contributed by atoms with E-state index in [0.717, 1.165) is 0 Å². The van der Waals surface area contributed by atoms with Crippen LogP contribution in [0.5, 0.6) is 5.75 Å². The first-order valence-electron chi connectivity index (χ1n) is 9.04. The van der Waals surface area contributed by atoms with Crippen molar-refractivity contribution in [2.45, 2.75) is 6.61 Å². The molecule has 1 heterocycles. The first-order chi connectivity index (χ1) is 14.9. The molecule has 0 saturated heterocycles. The number of anilines is 1. The number of nitrogens with zero attached hydrogens (tertiary/aromatic N) is 1. The fourth-order valence-electron chi connectivity index (χ4n) is 2.42. The van der Waals surface area contributed by atoms with E-state index in [1.165, 1.54) is 24.5 Å². The monoisotopic (exact) mass is 459 g/mol. The number of methoxy groups -OCH3 is 1. The number of ether oxygens (including phenoxy) is 2. The number of esters is 1. The van der Waals surface area contributed by atoms with Gasteiger partial charge in [-0.15, -0.1) is 11.3 Å². The number of amides is 2. The fraction of sp³-hybridized carbons (Fsp3) is 0.143. The summed E-state index contributed by atoms with van der Waals surface area (Å²) in [6, 6.07) is 13.3. The number of carbonyl (C=O) groups is 3. The number of thiazole rings is 1. The van der Waals surface area contributed by atoms with Gasteiger partial charge >= 0.3 is 5.97 Å². The molecule has 160 valence electrons. The minimum atomic E-state index is -0.558. The van der Waals surface area contributed by atoms with E-state index in [1.807, 2.05) is 0 Å². The molecule has 1 aromatic heterocycles. The predicted octanol–water partition coefficient (Wildman–Crippen LogP) is 3.53. The SMILES string of the molecule is COC(=O)CNC(=O)c1cccc(NC(=O)c2csc(COc3ccc(Cl)cc3)n2)c1. The van der Waals surface area contributed by atoms with Gasteiger partial charge in [0.1, 0.15) is 29.6 Å². The van der Waals surface area contributed by atoms with Crippen LogP contribution in [0.1, 0.15) is 25.9 Å². The molecule has 0 spiro atoms. The molecular formula is C21H18ClN3O5S. The molecular weight excluding hydrogens is 442 g/mol. The van der Waals surface area contributed by atoms with Gasteiger partial charge in [0, 0.05) is 21.7 Å². The van der Waals surface area contributed by atoms with E-state index in [-0.39, 0.29) is 24.4 Å². The molecule has 0 aliphatic heterocycles. The van der Waals surface area contributed by atoms with Crippen LogP contribution in [0, 0.1) is 0 Å². The summed E-state index contributed by atoms with van der Waals surface area (Å²) < 4.78 is 10.1. The second kappa shape index (κ2) is 10.6. The maximum absolute atomic E-state index is 12.5. The van der Waals surface area contributed by atoms with Gasteiger partial charge in [0.05, 0.1) is 7.11 Å². The number of benzene rings is 2. The van der Waals surface area contributed by atoms with E-state index in [1.54, 1.807) is 47.8 Å². The van der Waals surface area contributed by atoms with Crippen LogP contribution >= 0.6 is 22.9 Å².